The molecule has 18 heavy (non-hydrogen) atoms. The van der Waals surface area contributed by atoms with E-state index in [0.29, 0.717) is 5.92 Å². The molecular weight excluding hydrogens is 222 g/mol. The van der Waals surface area contributed by atoms with Crippen LogP contribution in [0.15, 0.2) is 18.2 Å². The Bertz CT molecular complexity index is 410. The van der Waals surface area contributed by atoms with E-state index in [1.165, 1.54) is 37.3 Å². The Hall–Kier alpha value is -1.06. The summed E-state index contributed by atoms with van der Waals surface area (Å²) in [6.45, 7) is 9.32. The number of nitrogens with zero attached hydrogens (tertiary/aromatic N) is 1. The second kappa shape index (κ2) is 5.29. The van der Waals surface area contributed by atoms with E-state index in [4.69, 9.17) is 0 Å². The lowest BCUT2D eigenvalue weighted by atomic mass is 9.93. The molecule has 2 aliphatic heterocycles. The highest BCUT2D eigenvalue weighted by Crippen LogP contribution is 2.35. The fourth-order valence-electron chi connectivity index (χ4n) is 3.23. The topological polar surface area (TPSA) is 27.3 Å². The Morgan fingerprint density at radius 2 is 2.11 bits per heavy atom. The van der Waals surface area contributed by atoms with Gasteiger partial charge in [-0.1, -0.05) is 12.1 Å². The van der Waals surface area contributed by atoms with Gasteiger partial charge in [0.1, 0.15) is 0 Å². The van der Waals surface area contributed by atoms with Gasteiger partial charge in [0.05, 0.1) is 0 Å². The van der Waals surface area contributed by atoms with Gasteiger partial charge in [0.15, 0.2) is 0 Å². The monoisotopic (exact) mass is 245 g/mol. The lowest BCUT2D eigenvalue weighted by Gasteiger charge is -2.28. The standard InChI is InChI=1S/C15H23N3/c1-12-3-2-4-14-15(12)13(11-17-14)5-8-18-9-6-16-7-10-18/h2-4,13,16-17H,5-11H2,1H3. The maximum atomic E-state index is 3.55. The molecule has 1 atom stereocenters. The van der Waals surface area contributed by atoms with Crippen LogP contribution < -0.4 is 10.6 Å². The third kappa shape index (κ3) is 2.38. The van der Waals surface area contributed by atoms with E-state index >= 15 is 0 Å². The molecule has 0 amide bonds. The van der Waals surface area contributed by atoms with Crippen LogP contribution in [0.2, 0.25) is 0 Å². The number of anilines is 1. The number of aryl methyl sites for hydroxylation is 1. The molecule has 0 radical (unpaired) electrons. The molecule has 2 N–H and O–H groups in total. The predicted molar refractivity (Wildman–Crippen MR) is 76.3 cm³/mol. The summed E-state index contributed by atoms with van der Waals surface area (Å²) >= 11 is 0. The highest BCUT2D eigenvalue weighted by Gasteiger charge is 2.24. The summed E-state index contributed by atoms with van der Waals surface area (Å²) in [7, 11) is 0. The quantitative estimate of drug-likeness (QED) is 0.850. The molecule has 1 unspecified atom stereocenters. The smallest absolute Gasteiger partial charge is 0.0379 e. The Kier molecular flexibility index (Phi) is 3.52. The number of rotatable bonds is 3. The van der Waals surface area contributed by atoms with Gasteiger partial charge >= 0.3 is 0 Å². The first kappa shape index (κ1) is 12.0. The molecule has 1 saturated heterocycles. The average molecular weight is 245 g/mol. The molecule has 2 aliphatic rings. The molecule has 0 aliphatic carbocycles. The second-order valence-corrected chi connectivity index (χ2v) is 5.49. The summed E-state index contributed by atoms with van der Waals surface area (Å²) in [5.41, 5.74) is 4.37. The first-order chi connectivity index (χ1) is 8.84. The molecule has 1 aromatic carbocycles. The molecule has 2 heterocycles. The summed E-state index contributed by atoms with van der Waals surface area (Å²) < 4.78 is 0. The van der Waals surface area contributed by atoms with Gasteiger partial charge in [0, 0.05) is 44.3 Å². The minimum Gasteiger partial charge on any atom is -0.384 e. The minimum atomic E-state index is 0.705. The molecule has 0 bridgehead atoms. The molecule has 3 rings (SSSR count). The van der Waals surface area contributed by atoms with Crippen molar-refractivity contribution in [3.05, 3.63) is 29.3 Å². The summed E-state index contributed by atoms with van der Waals surface area (Å²) in [6.07, 6.45) is 1.28. The highest BCUT2D eigenvalue weighted by atomic mass is 15.2. The van der Waals surface area contributed by atoms with Crippen molar-refractivity contribution in [2.75, 3.05) is 44.6 Å². The summed E-state index contributed by atoms with van der Waals surface area (Å²) in [5.74, 6) is 0.705. The van der Waals surface area contributed by atoms with Gasteiger partial charge in [0.2, 0.25) is 0 Å². The highest BCUT2D eigenvalue weighted by molar-refractivity contribution is 5.60. The molecule has 3 heteroatoms. The second-order valence-electron chi connectivity index (χ2n) is 5.49. The van der Waals surface area contributed by atoms with Crippen molar-refractivity contribution < 1.29 is 0 Å². The normalized spacial score (nSPS) is 23.7. The summed E-state index contributed by atoms with van der Waals surface area (Å²) in [4.78, 5) is 2.59. The molecule has 1 aromatic rings. The van der Waals surface area contributed by atoms with Gasteiger partial charge in [-0.25, -0.2) is 0 Å². The zero-order valence-corrected chi connectivity index (χ0v) is 11.2. The van der Waals surface area contributed by atoms with Crippen molar-refractivity contribution in [1.29, 1.82) is 0 Å². The number of benzene rings is 1. The van der Waals surface area contributed by atoms with Crippen molar-refractivity contribution >= 4 is 5.69 Å². The van der Waals surface area contributed by atoms with E-state index in [1.807, 2.05) is 0 Å². The van der Waals surface area contributed by atoms with Gasteiger partial charge in [-0.05, 0) is 37.1 Å². The van der Waals surface area contributed by atoms with Crippen LogP contribution in [0.25, 0.3) is 0 Å². The Morgan fingerprint density at radius 1 is 1.28 bits per heavy atom. The van der Waals surface area contributed by atoms with Crippen molar-refractivity contribution in [3.8, 4) is 0 Å². The van der Waals surface area contributed by atoms with Crippen LogP contribution in [0.3, 0.4) is 0 Å². The molecule has 98 valence electrons. The molecule has 0 spiro atoms. The van der Waals surface area contributed by atoms with E-state index in [0.717, 1.165) is 19.6 Å². The van der Waals surface area contributed by atoms with Crippen molar-refractivity contribution in [2.45, 2.75) is 19.3 Å². The summed E-state index contributed by atoms with van der Waals surface area (Å²) in [5, 5.41) is 6.96. The van der Waals surface area contributed by atoms with Crippen LogP contribution >= 0.6 is 0 Å². The van der Waals surface area contributed by atoms with Gasteiger partial charge in [-0.2, -0.15) is 0 Å². The Labute approximate surface area is 110 Å². The van der Waals surface area contributed by atoms with E-state index in [2.05, 4.69) is 40.7 Å². The SMILES string of the molecule is Cc1cccc2c1C(CCN1CCNCC1)CN2. The van der Waals surface area contributed by atoms with E-state index < -0.39 is 0 Å². The third-order valence-corrected chi connectivity index (χ3v) is 4.27. The van der Waals surface area contributed by atoms with E-state index in [-0.39, 0.29) is 0 Å². The number of fused-ring (bicyclic) bond motifs is 1. The fourth-order valence-corrected chi connectivity index (χ4v) is 3.23. The predicted octanol–water partition coefficient (Wildman–Crippen LogP) is 1.80. The maximum absolute atomic E-state index is 3.55. The Morgan fingerprint density at radius 3 is 2.94 bits per heavy atom. The van der Waals surface area contributed by atoms with E-state index in [9.17, 15) is 0 Å². The fraction of sp³-hybridized carbons (Fsp3) is 0.600. The van der Waals surface area contributed by atoms with Crippen LogP contribution in [0.4, 0.5) is 5.69 Å². The third-order valence-electron chi connectivity index (χ3n) is 4.27. The zero-order valence-electron chi connectivity index (χ0n) is 11.2. The number of nitrogens with one attached hydrogen (secondary N) is 2. The molecule has 0 saturated carbocycles. The Balaban J connectivity index is 1.62. The van der Waals surface area contributed by atoms with Crippen LogP contribution in [0.1, 0.15) is 23.5 Å². The first-order valence-electron chi connectivity index (χ1n) is 7.11. The molecule has 1 fully saturated rings. The molecule has 3 nitrogen and oxygen atoms in total. The number of hydrogen-bond donors (Lipinski definition) is 2. The van der Waals surface area contributed by atoms with Crippen molar-refractivity contribution in [1.82, 2.24) is 10.2 Å². The molecule has 0 aromatic heterocycles. The van der Waals surface area contributed by atoms with Crippen LogP contribution in [-0.2, 0) is 0 Å². The zero-order chi connectivity index (χ0) is 12.4. The van der Waals surface area contributed by atoms with E-state index in [1.54, 1.807) is 5.56 Å². The minimum absolute atomic E-state index is 0.705. The van der Waals surface area contributed by atoms with Gasteiger partial charge in [-0.3, -0.25) is 0 Å². The van der Waals surface area contributed by atoms with Crippen LogP contribution in [0, 0.1) is 6.92 Å². The lowest BCUT2D eigenvalue weighted by Crippen LogP contribution is -2.44. The number of hydrogen-bond acceptors (Lipinski definition) is 3. The maximum Gasteiger partial charge on any atom is 0.0379 e. The van der Waals surface area contributed by atoms with Crippen LogP contribution in [-0.4, -0.2) is 44.2 Å². The number of piperazine rings is 1. The van der Waals surface area contributed by atoms with Crippen molar-refractivity contribution in [2.24, 2.45) is 0 Å². The van der Waals surface area contributed by atoms with Gasteiger partial charge < -0.3 is 15.5 Å². The average Bonchev–Trinajstić information content (AvgIpc) is 2.82. The lowest BCUT2D eigenvalue weighted by molar-refractivity contribution is 0.234. The molecular formula is C15H23N3. The van der Waals surface area contributed by atoms with Gasteiger partial charge in [-0.15, -0.1) is 0 Å². The van der Waals surface area contributed by atoms with Gasteiger partial charge in [0.25, 0.3) is 0 Å². The summed E-state index contributed by atoms with van der Waals surface area (Å²) in [6, 6.07) is 6.61. The first-order valence-corrected chi connectivity index (χ1v) is 7.11. The van der Waals surface area contributed by atoms with Crippen LogP contribution in [0.5, 0.6) is 0 Å². The largest absolute Gasteiger partial charge is 0.384 e. The van der Waals surface area contributed by atoms with Crippen molar-refractivity contribution in [3.63, 3.8) is 0 Å².